The number of aliphatic hydroxyl groups excluding tert-OH is 4. The molecule has 0 amide bonds. The van der Waals surface area contributed by atoms with Crippen LogP contribution in [0.5, 0.6) is 0 Å². The Balaban J connectivity index is 2.95. The lowest BCUT2D eigenvalue weighted by Crippen LogP contribution is -2.66. The van der Waals surface area contributed by atoms with Gasteiger partial charge in [0, 0.05) is 6.42 Å². The van der Waals surface area contributed by atoms with Crippen molar-refractivity contribution in [3.8, 4) is 0 Å². The van der Waals surface area contributed by atoms with Crippen LogP contribution in [0.4, 0.5) is 0 Å². The molecule has 0 spiro atoms. The van der Waals surface area contributed by atoms with Crippen molar-refractivity contribution in [2.24, 2.45) is 5.90 Å². The van der Waals surface area contributed by atoms with Crippen LogP contribution in [-0.2, 0) is 9.57 Å². The highest BCUT2D eigenvalue weighted by atomic mass is 16.8. The Morgan fingerprint density at radius 3 is 2.44 bits per heavy atom. The quantitative estimate of drug-likeness (QED) is 0.272. The third kappa shape index (κ3) is 2.11. The Morgan fingerprint density at radius 1 is 1.38 bits per heavy atom. The number of aliphatic hydroxyl groups is 4. The van der Waals surface area contributed by atoms with Crippen LogP contribution in [0, 0.1) is 0 Å². The SMILES string of the molecule is C=CCC1(ON)O[C@H](CO)[C@@H](O)[C@H](O)[C@H]1O. The van der Waals surface area contributed by atoms with E-state index >= 15 is 0 Å². The molecule has 1 heterocycles. The van der Waals surface area contributed by atoms with Gasteiger partial charge in [0.1, 0.15) is 24.4 Å². The van der Waals surface area contributed by atoms with Gasteiger partial charge in [-0.1, -0.05) is 6.08 Å². The maximum absolute atomic E-state index is 9.73. The van der Waals surface area contributed by atoms with Gasteiger partial charge in [-0.3, -0.25) is 4.84 Å². The predicted octanol–water partition coefficient (Wildman–Crippen LogP) is -2.38. The summed E-state index contributed by atoms with van der Waals surface area (Å²) in [7, 11) is 0. The van der Waals surface area contributed by atoms with E-state index in [2.05, 4.69) is 11.4 Å². The van der Waals surface area contributed by atoms with Gasteiger partial charge in [0.25, 0.3) is 0 Å². The maximum Gasteiger partial charge on any atom is 0.219 e. The summed E-state index contributed by atoms with van der Waals surface area (Å²) >= 11 is 0. The van der Waals surface area contributed by atoms with E-state index in [0.29, 0.717) is 0 Å². The Morgan fingerprint density at radius 2 is 2.00 bits per heavy atom. The third-order valence-corrected chi connectivity index (χ3v) is 2.66. The first-order valence-corrected chi connectivity index (χ1v) is 4.84. The zero-order chi connectivity index (χ0) is 12.3. The molecule has 1 aliphatic heterocycles. The monoisotopic (exact) mass is 235 g/mol. The second-order valence-corrected chi connectivity index (χ2v) is 3.69. The molecule has 0 aliphatic carbocycles. The fourth-order valence-corrected chi connectivity index (χ4v) is 1.72. The Bertz CT molecular complexity index is 248. The molecule has 1 aliphatic rings. The molecule has 0 aromatic carbocycles. The predicted molar refractivity (Wildman–Crippen MR) is 52.8 cm³/mol. The highest BCUT2D eigenvalue weighted by Crippen LogP contribution is 2.32. The molecule has 1 saturated heterocycles. The number of hydrogen-bond donors (Lipinski definition) is 5. The van der Waals surface area contributed by atoms with Crippen molar-refractivity contribution >= 4 is 0 Å². The minimum absolute atomic E-state index is 0.00491. The normalized spacial score (nSPS) is 44.3. The molecule has 1 unspecified atom stereocenters. The summed E-state index contributed by atoms with van der Waals surface area (Å²) in [4.78, 5) is 4.56. The van der Waals surface area contributed by atoms with E-state index in [-0.39, 0.29) is 6.42 Å². The Hall–Kier alpha value is -0.540. The van der Waals surface area contributed by atoms with Gasteiger partial charge in [0.05, 0.1) is 6.61 Å². The first-order valence-electron chi connectivity index (χ1n) is 4.84. The van der Waals surface area contributed by atoms with Gasteiger partial charge in [-0.2, -0.15) is 0 Å². The van der Waals surface area contributed by atoms with Crippen molar-refractivity contribution in [1.82, 2.24) is 0 Å². The maximum atomic E-state index is 9.73. The van der Waals surface area contributed by atoms with Crippen LogP contribution in [0.2, 0.25) is 0 Å². The summed E-state index contributed by atoms with van der Waals surface area (Å²) in [6, 6.07) is 0. The van der Waals surface area contributed by atoms with Crippen molar-refractivity contribution in [3.63, 3.8) is 0 Å². The average molecular weight is 235 g/mol. The zero-order valence-corrected chi connectivity index (χ0v) is 8.69. The highest BCUT2D eigenvalue weighted by molar-refractivity contribution is 4.99. The number of rotatable bonds is 4. The van der Waals surface area contributed by atoms with Gasteiger partial charge >= 0.3 is 0 Å². The van der Waals surface area contributed by atoms with Gasteiger partial charge in [0.2, 0.25) is 5.79 Å². The van der Waals surface area contributed by atoms with Crippen LogP contribution < -0.4 is 5.90 Å². The fourth-order valence-electron chi connectivity index (χ4n) is 1.72. The highest BCUT2D eigenvalue weighted by Gasteiger charge is 2.53. The van der Waals surface area contributed by atoms with Crippen molar-refractivity contribution in [1.29, 1.82) is 0 Å². The van der Waals surface area contributed by atoms with Crippen molar-refractivity contribution < 1.29 is 30.0 Å². The molecule has 7 nitrogen and oxygen atoms in total. The van der Waals surface area contributed by atoms with Crippen molar-refractivity contribution in [2.75, 3.05) is 6.61 Å². The lowest BCUT2D eigenvalue weighted by atomic mass is 9.91. The first kappa shape index (κ1) is 13.5. The molecular weight excluding hydrogens is 218 g/mol. The van der Waals surface area contributed by atoms with Crippen LogP contribution in [0.1, 0.15) is 6.42 Å². The molecule has 0 bridgehead atoms. The van der Waals surface area contributed by atoms with Crippen LogP contribution in [-0.4, -0.2) is 57.2 Å². The van der Waals surface area contributed by atoms with Crippen LogP contribution in [0.25, 0.3) is 0 Å². The molecule has 7 heteroatoms. The third-order valence-electron chi connectivity index (χ3n) is 2.66. The Kier molecular flexibility index (Phi) is 4.39. The summed E-state index contributed by atoms with van der Waals surface area (Å²) in [5.41, 5.74) is 0. The largest absolute Gasteiger partial charge is 0.394 e. The fraction of sp³-hybridized carbons (Fsp3) is 0.778. The van der Waals surface area contributed by atoms with Gasteiger partial charge in [-0.05, 0) is 0 Å². The lowest BCUT2D eigenvalue weighted by molar-refractivity contribution is -0.364. The molecule has 5 atom stereocenters. The van der Waals surface area contributed by atoms with E-state index < -0.39 is 36.8 Å². The summed E-state index contributed by atoms with van der Waals surface area (Å²) in [5, 5.41) is 37.8. The zero-order valence-electron chi connectivity index (χ0n) is 8.69. The lowest BCUT2D eigenvalue weighted by Gasteiger charge is -2.46. The van der Waals surface area contributed by atoms with Crippen LogP contribution in [0.3, 0.4) is 0 Å². The standard InChI is InChI=1S/C9H17NO6/c1-2-3-9(16-10)8(14)7(13)6(12)5(4-11)15-9/h2,5-8,11-14H,1,3-4,10H2/t5-,6-,7+,8-,9?/m1/s1. The van der Waals surface area contributed by atoms with E-state index in [1.165, 1.54) is 6.08 Å². The second kappa shape index (κ2) is 5.19. The molecule has 0 saturated carbocycles. The van der Waals surface area contributed by atoms with E-state index in [1.54, 1.807) is 0 Å². The second-order valence-electron chi connectivity index (χ2n) is 3.69. The molecule has 0 radical (unpaired) electrons. The van der Waals surface area contributed by atoms with Gasteiger partial charge in [-0.15, -0.1) is 6.58 Å². The molecule has 0 aromatic heterocycles. The van der Waals surface area contributed by atoms with Crippen LogP contribution in [0.15, 0.2) is 12.7 Å². The van der Waals surface area contributed by atoms with Crippen molar-refractivity contribution in [2.45, 2.75) is 36.6 Å². The van der Waals surface area contributed by atoms with Gasteiger partial charge < -0.3 is 25.2 Å². The summed E-state index contributed by atoms with van der Waals surface area (Å²) in [6.07, 6.45) is -4.16. The minimum Gasteiger partial charge on any atom is -0.394 e. The topological polar surface area (TPSA) is 125 Å². The molecule has 6 N–H and O–H groups in total. The molecule has 16 heavy (non-hydrogen) atoms. The summed E-state index contributed by atoms with van der Waals surface area (Å²) < 4.78 is 5.18. The number of hydrogen-bond acceptors (Lipinski definition) is 7. The first-order chi connectivity index (χ1) is 7.52. The molecule has 1 rings (SSSR count). The molecule has 94 valence electrons. The number of ether oxygens (including phenoxy) is 1. The molecule has 0 aromatic rings. The van der Waals surface area contributed by atoms with Crippen LogP contribution >= 0.6 is 0 Å². The smallest absolute Gasteiger partial charge is 0.219 e. The Labute approximate surface area is 92.7 Å². The van der Waals surface area contributed by atoms with E-state index in [9.17, 15) is 15.3 Å². The summed E-state index contributed by atoms with van der Waals surface area (Å²) in [6.45, 7) is 2.91. The minimum atomic E-state index is -1.70. The van der Waals surface area contributed by atoms with Gasteiger partial charge in [0.15, 0.2) is 0 Å². The van der Waals surface area contributed by atoms with E-state index in [0.717, 1.165) is 0 Å². The van der Waals surface area contributed by atoms with E-state index in [1.807, 2.05) is 0 Å². The molecular formula is C9H17NO6. The van der Waals surface area contributed by atoms with Gasteiger partial charge in [-0.25, -0.2) is 5.90 Å². The summed E-state index contributed by atoms with van der Waals surface area (Å²) in [5.74, 6) is 3.33. The number of nitrogens with two attached hydrogens (primary N) is 1. The average Bonchev–Trinajstić information content (AvgIpc) is 2.30. The molecule has 1 fully saturated rings. The van der Waals surface area contributed by atoms with E-state index in [4.69, 9.17) is 15.7 Å². The van der Waals surface area contributed by atoms with Crippen molar-refractivity contribution in [3.05, 3.63) is 12.7 Å².